The first kappa shape index (κ1) is 15.7. The summed E-state index contributed by atoms with van der Waals surface area (Å²) in [4.78, 5) is 11.9. The first-order chi connectivity index (χ1) is 9.38. The molecule has 0 spiro atoms. The molecule has 1 aromatic rings. The molecule has 5 heteroatoms. The molecule has 1 amide bonds. The van der Waals surface area contributed by atoms with Gasteiger partial charge in [0.05, 0.1) is 12.1 Å². The van der Waals surface area contributed by atoms with E-state index in [1.165, 1.54) is 6.20 Å². The number of aryl methyl sites for hydroxylation is 1. The standard InChI is InChI=1S/C15H19N3O2/c1-11-4-6-13(7-5-11)18-14(20)12(8-16)9-17-15(2,3)10-19/h4-7,9,17,19H,10H2,1-3H3,(H,18,20)/b12-9-. The van der Waals surface area contributed by atoms with Crippen molar-refractivity contribution in [1.29, 1.82) is 5.26 Å². The maximum absolute atomic E-state index is 11.9. The molecule has 0 heterocycles. The molecular weight excluding hydrogens is 254 g/mol. The van der Waals surface area contributed by atoms with Crippen LogP contribution in [0.4, 0.5) is 5.69 Å². The van der Waals surface area contributed by atoms with E-state index in [0.717, 1.165) is 5.56 Å². The molecule has 5 nitrogen and oxygen atoms in total. The number of carbonyl (C=O) groups excluding carboxylic acids is 1. The highest BCUT2D eigenvalue weighted by molar-refractivity contribution is 6.06. The number of amides is 1. The van der Waals surface area contributed by atoms with E-state index in [4.69, 9.17) is 10.4 Å². The van der Waals surface area contributed by atoms with Gasteiger partial charge in [-0.05, 0) is 32.9 Å². The number of nitriles is 1. The molecular formula is C15H19N3O2. The third-order valence-electron chi connectivity index (χ3n) is 2.68. The van der Waals surface area contributed by atoms with Crippen molar-refractivity contribution in [3.05, 3.63) is 41.6 Å². The summed E-state index contributed by atoms with van der Waals surface area (Å²) in [5, 5.41) is 23.6. The fourth-order valence-corrected chi connectivity index (χ4v) is 1.30. The average Bonchev–Trinajstić information content (AvgIpc) is 2.42. The van der Waals surface area contributed by atoms with E-state index in [1.54, 1.807) is 26.0 Å². The van der Waals surface area contributed by atoms with Crippen LogP contribution in [0.1, 0.15) is 19.4 Å². The summed E-state index contributed by atoms with van der Waals surface area (Å²) in [5.41, 5.74) is 1.08. The van der Waals surface area contributed by atoms with Crippen molar-refractivity contribution < 1.29 is 9.90 Å². The van der Waals surface area contributed by atoms with Gasteiger partial charge in [0, 0.05) is 11.9 Å². The Morgan fingerprint density at radius 3 is 2.50 bits per heavy atom. The monoisotopic (exact) mass is 273 g/mol. The third kappa shape index (κ3) is 4.75. The van der Waals surface area contributed by atoms with E-state index in [2.05, 4.69) is 10.6 Å². The Morgan fingerprint density at radius 1 is 1.40 bits per heavy atom. The van der Waals surface area contributed by atoms with Crippen LogP contribution in [0.2, 0.25) is 0 Å². The topological polar surface area (TPSA) is 85.2 Å². The fourth-order valence-electron chi connectivity index (χ4n) is 1.30. The van der Waals surface area contributed by atoms with E-state index >= 15 is 0 Å². The molecule has 0 atom stereocenters. The number of hydrogen-bond donors (Lipinski definition) is 3. The lowest BCUT2D eigenvalue weighted by atomic mass is 10.1. The second-order valence-corrected chi connectivity index (χ2v) is 5.18. The van der Waals surface area contributed by atoms with Crippen molar-refractivity contribution in [2.45, 2.75) is 26.3 Å². The minimum absolute atomic E-state index is 0.0490. The molecule has 0 aliphatic heterocycles. The first-order valence-electron chi connectivity index (χ1n) is 6.25. The van der Waals surface area contributed by atoms with Crippen LogP contribution in [-0.2, 0) is 4.79 Å². The van der Waals surface area contributed by atoms with Crippen LogP contribution in [0, 0.1) is 18.3 Å². The number of nitrogens with one attached hydrogen (secondary N) is 2. The Hall–Kier alpha value is -2.32. The molecule has 0 unspecified atom stereocenters. The van der Waals surface area contributed by atoms with Crippen molar-refractivity contribution in [2.24, 2.45) is 0 Å². The molecule has 20 heavy (non-hydrogen) atoms. The molecule has 106 valence electrons. The normalized spacial score (nSPS) is 11.7. The predicted molar refractivity (Wildman–Crippen MR) is 77.8 cm³/mol. The minimum atomic E-state index is -0.591. The van der Waals surface area contributed by atoms with Gasteiger partial charge in [0.1, 0.15) is 11.6 Å². The van der Waals surface area contributed by atoms with Gasteiger partial charge in [-0.3, -0.25) is 4.79 Å². The molecule has 3 N–H and O–H groups in total. The molecule has 1 rings (SSSR count). The van der Waals surface area contributed by atoms with Gasteiger partial charge in [-0.2, -0.15) is 5.26 Å². The van der Waals surface area contributed by atoms with Crippen LogP contribution >= 0.6 is 0 Å². The van der Waals surface area contributed by atoms with E-state index in [1.807, 2.05) is 25.1 Å². The summed E-state index contributed by atoms with van der Waals surface area (Å²) >= 11 is 0. The highest BCUT2D eigenvalue weighted by Crippen LogP contribution is 2.10. The zero-order valence-corrected chi connectivity index (χ0v) is 11.9. The lowest BCUT2D eigenvalue weighted by molar-refractivity contribution is -0.112. The van der Waals surface area contributed by atoms with Gasteiger partial charge in [-0.25, -0.2) is 0 Å². The number of benzene rings is 1. The van der Waals surface area contributed by atoms with Gasteiger partial charge in [0.25, 0.3) is 5.91 Å². The molecule has 1 aromatic carbocycles. The highest BCUT2D eigenvalue weighted by Gasteiger charge is 2.15. The molecule has 0 fully saturated rings. The summed E-state index contributed by atoms with van der Waals surface area (Å²) < 4.78 is 0. The van der Waals surface area contributed by atoms with Gasteiger partial charge in [-0.1, -0.05) is 17.7 Å². The molecule has 0 radical (unpaired) electrons. The van der Waals surface area contributed by atoms with E-state index in [-0.39, 0.29) is 12.2 Å². The number of anilines is 1. The number of aliphatic hydroxyl groups excluding tert-OH is 1. The third-order valence-corrected chi connectivity index (χ3v) is 2.68. The van der Waals surface area contributed by atoms with Crippen LogP contribution in [0.5, 0.6) is 0 Å². The van der Waals surface area contributed by atoms with Gasteiger partial charge in [0.15, 0.2) is 0 Å². The average molecular weight is 273 g/mol. The van der Waals surface area contributed by atoms with Crippen molar-refractivity contribution in [2.75, 3.05) is 11.9 Å². The van der Waals surface area contributed by atoms with Gasteiger partial charge in [-0.15, -0.1) is 0 Å². The summed E-state index contributed by atoms with van der Waals surface area (Å²) in [6.07, 6.45) is 1.32. The van der Waals surface area contributed by atoms with Gasteiger partial charge < -0.3 is 15.7 Å². The minimum Gasteiger partial charge on any atom is -0.394 e. The molecule has 0 aliphatic rings. The Morgan fingerprint density at radius 2 is 2.00 bits per heavy atom. The van der Waals surface area contributed by atoms with Crippen LogP contribution in [-0.4, -0.2) is 23.2 Å². The van der Waals surface area contributed by atoms with Crippen LogP contribution in [0.3, 0.4) is 0 Å². The van der Waals surface area contributed by atoms with E-state index in [9.17, 15) is 4.79 Å². The quantitative estimate of drug-likeness (QED) is 0.563. The predicted octanol–water partition coefficient (Wildman–Crippen LogP) is 1.70. The summed E-state index contributed by atoms with van der Waals surface area (Å²) in [6.45, 7) is 5.36. The molecule has 0 saturated heterocycles. The Kier molecular flexibility index (Phi) is 5.30. The van der Waals surface area contributed by atoms with Crippen molar-refractivity contribution in [3.63, 3.8) is 0 Å². The fraction of sp³-hybridized carbons (Fsp3) is 0.333. The number of aliphatic hydroxyl groups is 1. The summed E-state index contributed by atoms with van der Waals surface area (Å²) in [7, 11) is 0. The van der Waals surface area contributed by atoms with Gasteiger partial charge >= 0.3 is 0 Å². The van der Waals surface area contributed by atoms with Crippen LogP contribution < -0.4 is 10.6 Å². The summed E-state index contributed by atoms with van der Waals surface area (Å²) in [5.74, 6) is -0.488. The maximum Gasteiger partial charge on any atom is 0.267 e. The summed E-state index contributed by atoms with van der Waals surface area (Å²) in [6, 6.07) is 9.12. The molecule has 0 saturated carbocycles. The van der Waals surface area contributed by atoms with Crippen molar-refractivity contribution in [3.8, 4) is 6.07 Å². The van der Waals surface area contributed by atoms with Crippen LogP contribution in [0.15, 0.2) is 36.0 Å². The zero-order chi connectivity index (χ0) is 15.2. The number of hydrogen-bond acceptors (Lipinski definition) is 4. The lowest BCUT2D eigenvalue weighted by Crippen LogP contribution is -2.39. The maximum atomic E-state index is 11.9. The van der Waals surface area contributed by atoms with E-state index < -0.39 is 11.4 Å². The van der Waals surface area contributed by atoms with Crippen LogP contribution in [0.25, 0.3) is 0 Å². The largest absolute Gasteiger partial charge is 0.394 e. The first-order valence-corrected chi connectivity index (χ1v) is 6.25. The second-order valence-electron chi connectivity index (χ2n) is 5.18. The SMILES string of the molecule is Cc1ccc(NC(=O)/C(C#N)=C\NC(C)(C)CO)cc1. The zero-order valence-electron chi connectivity index (χ0n) is 11.9. The Balaban J connectivity index is 2.75. The second kappa shape index (κ2) is 6.73. The Bertz CT molecular complexity index is 539. The number of carbonyl (C=O) groups is 1. The lowest BCUT2D eigenvalue weighted by Gasteiger charge is -2.22. The molecule has 0 bridgehead atoms. The number of rotatable bonds is 5. The number of nitrogens with zero attached hydrogens (tertiary/aromatic N) is 1. The van der Waals surface area contributed by atoms with E-state index in [0.29, 0.717) is 5.69 Å². The Labute approximate surface area is 118 Å². The van der Waals surface area contributed by atoms with Gasteiger partial charge in [0.2, 0.25) is 0 Å². The molecule has 0 aliphatic carbocycles. The molecule has 0 aromatic heterocycles. The smallest absolute Gasteiger partial charge is 0.267 e. The van der Waals surface area contributed by atoms with Crippen molar-refractivity contribution >= 4 is 11.6 Å². The van der Waals surface area contributed by atoms with Crippen molar-refractivity contribution in [1.82, 2.24) is 5.32 Å². The highest BCUT2D eigenvalue weighted by atomic mass is 16.3.